The molecule has 2 aromatic rings. The van der Waals surface area contributed by atoms with Crippen LogP contribution in [0.2, 0.25) is 30.2 Å². The number of rotatable bonds is 2. The van der Waals surface area contributed by atoms with Crippen LogP contribution in [0.3, 0.4) is 0 Å². The fourth-order valence-electron chi connectivity index (χ4n) is 5.12. The third-order valence-corrected chi connectivity index (χ3v) is 20.8. The SMILES string of the molecule is Cc1ccc(N2C(=O)C3C(C2=O)[As](C)C2C(=O)N(c4ccc(C)cc4)C(=O)C2[As]3C)cc1. The molecule has 0 radical (unpaired) electrons. The number of nitrogens with zero attached hydrogens (tertiary/aromatic N) is 2. The number of hydrogen-bond donors (Lipinski definition) is 0. The zero-order valence-corrected chi connectivity index (χ0v) is 22.1. The molecule has 3 aliphatic rings. The Morgan fingerprint density at radius 3 is 1.03 bits per heavy atom. The maximum absolute atomic E-state index is 13.5. The van der Waals surface area contributed by atoms with E-state index in [1.54, 1.807) is 24.3 Å². The molecular weight excluding hydrogens is 530 g/mol. The summed E-state index contributed by atoms with van der Waals surface area (Å²) in [5.41, 5.74) is 7.31. The molecule has 6 nitrogen and oxygen atoms in total. The Hall–Kier alpha value is -2.16. The van der Waals surface area contributed by atoms with Crippen molar-refractivity contribution in [2.45, 2.75) is 44.1 Å². The first-order chi connectivity index (χ1) is 15.2. The van der Waals surface area contributed by atoms with Gasteiger partial charge >= 0.3 is 197 Å². The van der Waals surface area contributed by atoms with Crippen molar-refractivity contribution >= 4 is 64.3 Å². The molecule has 4 unspecified atom stereocenters. The second-order valence-electron chi connectivity index (χ2n) is 8.81. The number of fused-ring (bicyclic) bond motifs is 2. The van der Waals surface area contributed by atoms with E-state index in [0.29, 0.717) is 11.4 Å². The van der Waals surface area contributed by atoms with Crippen molar-refractivity contribution in [1.82, 2.24) is 0 Å². The van der Waals surface area contributed by atoms with Crippen LogP contribution in [0.25, 0.3) is 0 Å². The van der Waals surface area contributed by atoms with Crippen molar-refractivity contribution in [3.63, 3.8) is 0 Å². The molecule has 8 heteroatoms. The minimum absolute atomic E-state index is 0.167. The van der Waals surface area contributed by atoms with Crippen LogP contribution < -0.4 is 9.80 Å². The van der Waals surface area contributed by atoms with E-state index in [4.69, 9.17) is 0 Å². The summed E-state index contributed by atoms with van der Waals surface area (Å²) < 4.78 is -1.57. The molecule has 0 spiro atoms. The van der Waals surface area contributed by atoms with Gasteiger partial charge in [0.1, 0.15) is 0 Å². The number of benzene rings is 2. The summed E-state index contributed by atoms with van der Waals surface area (Å²) in [5.74, 6) is -0.666. The topological polar surface area (TPSA) is 74.8 Å². The Bertz CT molecular complexity index is 1010. The van der Waals surface area contributed by atoms with Crippen LogP contribution in [0.15, 0.2) is 48.5 Å². The molecule has 32 heavy (non-hydrogen) atoms. The van der Waals surface area contributed by atoms with Crippen molar-refractivity contribution in [2.75, 3.05) is 9.80 Å². The first-order valence-corrected chi connectivity index (χ1v) is 18.6. The Kier molecular flexibility index (Phi) is 5.22. The summed E-state index contributed by atoms with van der Waals surface area (Å²) in [7, 11) is 0. The van der Waals surface area contributed by atoms with Crippen LogP contribution in [-0.4, -0.2) is 52.9 Å². The van der Waals surface area contributed by atoms with E-state index in [1.165, 1.54) is 9.80 Å². The molecule has 4 atom stereocenters. The molecule has 3 heterocycles. The van der Waals surface area contributed by atoms with Gasteiger partial charge in [-0.25, -0.2) is 0 Å². The van der Waals surface area contributed by atoms with E-state index in [-0.39, 0.29) is 23.6 Å². The van der Waals surface area contributed by atoms with Gasteiger partial charge in [-0.05, 0) is 0 Å². The fourth-order valence-corrected chi connectivity index (χ4v) is 24.4. The normalized spacial score (nSPS) is 31.9. The van der Waals surface area contributed by atoms with Gasteiger partial charge in [-0.3, -0.25) is 0 Å². The molecule has 3 fully saturated rings. The van der Waals surface area contributed by atoms with Crippen LogP contribution in [0, 0.1) is 13.8 Å². The molecule has 4 amide bonds. The third-order valence-electron chi connectivity index (χ3n) is 6.83. The Morgan fingerprint density at radius 1 is 0.531 bits per heavy atom. The molecule has 3 saturated heterocycles. The monoisotopic (exact) mass is 554 g/mol. The second-order valence-corrected chi connectivity index (χ2v) is 19.1. The predicted octanol–water partition coefficient (Wildman–Crippen LogP) is 3.49. The number of hydrogen-bond acceptors (Lipinski definition) is 4. The molecule has 2 aromatic carbocycles. The third kappa shape index (κ3) is 2.99. The van der Waals surface area contributed by atoms with Gasteiger partial charge in [0.25, 0.3) is 0 Å². The van der Waals surface area contributed by atoms with Gasteiger partial charge in [0.15, 0.2) is 0 Å². The van der Waals surface area contributed by atoms with Gasteiger partial charge in [0, 0.05) is 0 Å². The van der Waals surface area contributed by atoms with E-state index >= 15 is 0 Å². The molecule has 164 valence electrons. The fraction of sp³-hybridized carbons (Fsp3) is 0.333. The molecule has 0 bridgehead atoms. The molecule has 0 saturated carbocycles. The molecule has 5 rings (SSSR count). The zero-order valence-electron chi connectivity index (χ0n) is 18.4. The Morgan fingerprint density at radius 2 is 0.781 bits per heavy atom. The molecule has 3 aliphatic heterocycles. The standard InChI is InChI=1S/C24H24As2N2O4/c1-13-5-9-15(10-6-13)27-21(29)17-18(22(27)30)26(4)20-19(25(17)3)23(31)28(24(20)32)16-11-7-14(2)8-12-16/h5-12,17-20H,1-4H3. The molecule has 0 N–H and O–H groups in total. The van der Waals surface area contributed by atoms with E-state index in [1.807, 2.05) is 49.5 Å². The van der Waals surface area contributed by atoms with Crippen molar-refractivity contribution in [3.8, 4) is 0 Å². The molecular formula is C24H24As2N2O4. The van der Waals surface area contributed by atoms with Gasteiger partial charge in [0.2, 0.25) is 0 Å². The van der Waals surface area contributed by atoms with E-state index in [9.17, 15) is 19.2 Å². The van der Waals surface area contributed by atoms with Gasteiger partial charge in [0.05, 0.1) is 0 Å². The van der Waals surface area contributed by atoms with E-state index < -0.39 is 48.1 Å². The molecule has 0 aromatic heterocycles. The first kappa shape index (κ1) is 21.7. The number of carbonyl (C=O) groups is 4. The van der Waals surface area contributed by atoms with Crippen LogP contribution >= 0.6 is 0 Å². The summed E-state index contributed by atoms with van der Waals surface area (Å²) in [6.07, 6.45) is 0. The van der Waals surface area contributed by atoms with Gasteiger partial charge in [-0.1, -0.05) is 0 Å². The number of aryl methyl sites for hydroxylation is 2. The maximum atomic E-state index is 13.5. The van der Waals surface area contributed by atoms with Gasteiger partial charge in [-0.15, -0.1) is 0 Å². The van der Waals surface area contributed by atoms with Gasteiger partial charge < -0.3 is 0 Å². The van der Waals surface area contributed by atoms with Crippen LogP contribution in [-0.2, 0) is 19.2 Å². The average Bonchev–Trinajstić information content (AvgIpc) is 3.18. The molecule has 0 aliphatic carbocycles. The minimum atomic E-state index is -2.16. The van der Waals surface area contributed by atoms with Crippen LogP contribution in [0.4, 0.5) is 11.4 Å². The summed E-state index contributed by atoms with van der Waals surface area (Å²) in [4.78, 5) is 56.7. The first-order valence-electron chi connectivity index (χ1n) is 10.5. The number of carbonyl (C=O) groups excluding carboxylic acids is 4. The zero-order chi connectivity index (χ0) is 22.9. The number of amides is 4. The van der Waals surface area contributed by atoms with Crippen molar-refractivity contribution in [1.29, 1.82) is 0 Å². The van der Waals surface area contributed by atoms with Crippen LogP contribution in [0.5, 0.6) is 0 Å². The van der Waals surface area contributed by atoms with Gasteiger partial charge in [-0.2, -0.15) is 0 Å². The van der Waals surface area contributed by atoms with E-state index in [2.05, 4.69) is 0 Å². The number of imide groups is 2. The summed E-state index contributed by atoms with van der Waals surface area (Å²) >= 11 is -4.33. The van der Waals surface area contributed by atoms with Crippen molar-refractivity contribution < 1.29 is 19.2 Å². The summed E-state index contributed by atoms with van der Waals surface area (Å²) in [6.45, 7) is 3.92. The summed E-state index contributed by atoms with van der Waals surface area (Å²) in [5, 5.41) is 0. The predicted molar refractivity (Wildman–Crippen MR) is 126 cm³/mol. The number of anilines is 2. The van der Waals surface area contributed by atoms with Crippen molar-refractivity contribution in [3.05, 3.63) is 59.7 Å². The van der Waals surface area contributed by atoms with Crippen LogP contribution in [0.1, 0.15) is 11.1 Å². The Balaban J connectivity index is 1.53. The second kappa shape index (κ2) is 7.71. The van der Waals surface area contributed by atoms with E-state index in [0.717, 1.165) is 11.1 Å². The average molecular weight is 554 g/mol. The quantitative estimate of drug-likeness (QED) is 0.421. The summed E-state index contributed by atoms with van der Waals surface area (Å²) in [6, 6.07) is 14.8. The van der Waals surface area contributed by atoms with Crippen molar-refractivity contribution in [2.24, 2.45) is 0 Å². The Labute approximate surface area is 196 Å².